The first-order chi connectivity index (χ1) is 15.2. The summed E-state index contributed by atoms with van der Waals surface area (Å²) in [6.07, 6.45) is -7.67. The van der Waals surface area contributed by atoms with Gasteiger partial charge in [0.15, 0.2) is 5.76 Å². The largest absolute Gasteiger partial charge is 0.508 e. The normalized spacial score (nSPS) is 25.7. The summed E-state index contributed by atoms with van der Waals surface area (Å²) in [7, 11) is 0. The number of aromatic hydroxyl groups is 3. The van der Waals surface area contributed by atoms with Crippen molar-refractivity contribution in [2.75, 3.05) is 6.61 Å². The van der Waals surface area contributed by atoms with Gasteiger partial charge in [0.05, 0.1) is 6.61 Å². The molecule has 4 rings (SSSR count). The molecular formula is C21H20O11. The van der Waals surface area contributed by atoms with Crippen molar-refractivity contribution in [3.63, 3.8) is 0 Å². The molecule has 7 N–H and O–H groups in total. The van der Waals surface area contributed by atoms with Crippen LogP contribution in [0.1, 0.15) is 0 Å². The molecule has 1 saturated heterocycles. The van der Waals surface area contributed by atoms with Gasteiger partial charge in [0, 0.05) is 17.7 Å². The van der Waals surface area contributed by atoms with Crippen molar-refractivity contribution in [3.8, 4) is 34.3 Å². The number of hydrogen-bond donors (Lipinski definition) is 7. The number of ether oxygens (including phenoxy) is 2. The number of benzene rings is 2. The van der Waals surface area contributed by atoms with Crippen LogP contribution in [0.3, 0.4) is 0 Å². The molecule has 0 unspecified atom stereocenters. The highest BCUT2D eigenvalue weighted by molar-refractivity contribution is 5.88. The van der Waals surface area contributed by atoms with Crippen LogP contribution < -0.4 is 10.2 Å². The molecule has 170 valence electrons. The molecule has 0 amide bonds. The highest BCUT2D eigenvalue weighted by Gasteiger charge is 2.44. The minimum Gasteiger partial charge on any atom is -0.508 e. The molecule has 0 aliphatic carbocycles. The Bertz CT molecular complexity index is 1190. The zero-order valence-electron chi connectivity index (χ0n) is 16.3. The van der Waals surface area contributed by atoms with E-state index in [0.29, 0.717) is 0 Å². The monoisotopic (exact) mass is 448 g/mol. The third-order valence-electron chi connectivity index (χ3n) is 5.15. The summed E-state index contributed by atoms with van der Waals surface area (Å²) in [5.74, 6) is -1.73. The summed E-state index contributed by atoms with van der Waals surface area (Å²) in [6.45, 7) is -0.655. The number of phenolic OH excluding ortho intramolecular Hbond substituents is 2. The topological polar surface area (TPSA) is 190 Å². The number of fused-ring (bicyclic) bond motifs is 1. The highest BCUT2D eigenvalue weighted by atomic mass is 16.7. The number of phenols is 2. The van der Waals surface area contributed by atoms with Gasteiger partial charge >= 0.3 is 0 Å². The third-order valence-corrected chi connectivity index (χ3v) is 5.15. The van der Waals surface area contributed by atoms with Gasteiger partial charge in [-0.1, -0.05) is 0 Å². The second-order valence-electron chi connectivity index (χ2n) is 7.29. The Morgan fingerprint density at radius 2 is 1.62 bits per heavy atom. The van der Waals surface area contributed by atoms with E-state index < -0.39 is 54.2 Å². The average molecular weight is 448 g/mol. The summed E-state index contributed by atoms with van der Waals surface area (Å²) < 4.78 is 16.3. The zero-order chi connectivity index (χ0) is 23.2. The number of aliphatic hydroxyl groups is 4. The van der Waals surface area contributed by atoms with Crippen molar-refractivity contribution in [1.82, 2.24) is 0 Å². The van der Waals surface area contributed by atoms with Gasteiger partial charge in [0.2, 0.25) is 17.5 Å². The van der Waals surface area contributed by atoms with Crippen molar-refractivity contribution in [2.45, 2.75) is 30.7 Å². The molecule has 32 heavy (non-hydrogen) atoms. The van der Waals surface area contributed by atoms with Gasteiger partial charge in [0.1, 0.15) is 52.6 Å². The number of hydrogen-bond acceptors (Lipinski definition) is 11. The fourth-order valence-electron chi connectivity index (χ4n) is 3.44. The van der Waals surface area contributed by atoms with Crippen LogP contribution in [0.25, 0.3) is 22.3 Å². The lowest BCUT2D eigenvalue weighted by Crippen LogP contribution is -2.60. The van der Waals surface area contributed by atoms with Gasteiger partial charge < -0.3 is 49.6 Å². The predicted molar refractivity (Wildman–Crippen MR) is 107 cm³/mol. The molecule has 2 heterocycles. The van der Waals surface area contributed by atoms with Crippen LogP contribution in [0.4, 0.5) is 0 Å². The van der Waals surface area contributed by atoms with E-state index >= 15 is 0 Å². The van der Waals surface area contributed by atoms with Crippen molar-refractivity contribution in [3.05, 3.63) is 46.6 Å². The van der Waals surface area contributed by atoms with Crippen LogP contribution in [0, 0.1) is 0 Å². The SMILES string of the molecule is O=c1c(O)c(-c2ccc(O)cc2)oc2cc(O[C@H]3O[C@@H](CO)[C@@H](O)[C@@H](O)[C@H]3O)cc(O)c12. The van der Waals surface area contributed by atoms with Gasteiger partial charge in [0.25, 0.3) is 0 Å². The lowest BCUT2D eigenvalue weighted by atomic mass is 9.99. The fraction of sp³-hybridized carbons (Fsp3) is 0.286. The lowest BCUT2D eigenvalue weighted by Gasteiger charge is -2.39. The predicted octanol–water partition coefficient (Wildman–Crippen LogP) is -0.245. The van der Waals surface area contributed by atoms with Gasteiger partial charge in [-0.15, -0.1) is 0 Å². The molecule has 1 fully saturated rings. The molecular weight excluding hydrogens is 428 g/mol. The van der Waals surface area contributed by atoms with Gasteiger partial charge in [-0.3, -0.25) is 4.79 Å². The van der Waals surface area contributed by atoms with Gasteiger partial charge in [-0.2, -0.15) is 0 Å². The third kappa shape index (κ3) is 3.72. The minimum atomic E-state index is -1.69. The fourth-order valence-corrected chi connectivity index (χ4v) is 3.44. The molecule has 5 atom stereocenters. The Kier molecular flexibility index (Phi) is 5.67. The van der Waals surface area contributed by atoms with Crippen LogP contribution in [0.5, 0.6) is 23.0 Å². The maximum Gasteiger partial charge on any atom is 0.238 e. The van der Waals surface area contributed by atoms with Crippen LogP contribution in [-0.2, 0) is 4.74 Å². The Morgan fingerprint density at radius 3 is 2.28 bits per heavy atom. The molecule has 0 bridgehead atoms. The van der Waals surface area contributed by atoms with Crippen LogP contribution >= 0.6 is 0 Å². The van der Waals surface area contributed by atoms with Crippen molar-refractivity contribution >= 4 is 11.0 Å². The lowest BCUT2D eigenvalue weighted by molar-refractivity contribution is -0.277. The minimum absolute atomic E-state index is 0.0377. The first-order valence-electron chi connectivity index (χ1n) is 9.50. The van der Waals surface area contributed by atoms with E-state index in [-0.39, 0.29) is 33.8 Å². The smallest absolute Gasteiger partial charge is 0.238 e. The molecule has 11 heteroatoms. The zero-order valence-corrected chi connectivity index (χ0v) is 16.3. The summed E-state index contributed by atoms with van der Waals surface area (Å²) >= 11 is 0. The molecule has 11 nitrogen and oxygen atoms in total. The van der Waals surface area contributed by atoms with Crippen molar-refractivity contribution < 1.29 is 49.6 Å². The summed E-state index contributed by atoms with van der Waals surface area (Å²) in [5.41, 5.74) is -0.805. The Hall–Kier alpha value is -3.35. The first-order valence-corrected chi connectivity index (χ1v) is 9.50. The standard InChI is InChI=1S/C21H20O11/c22-7-13-15(25)17(27)19(29)21(32-13)30-10-5-11(24)14-12(6-10)31-20(18(28)16(14)26)8-1-3-9(23)4-2-8/h1-6,13,15,17,19,21-25,27-29H,7H2/t13-,15+,17+,19+,21-/m0/s1. The van der Waals surface area contributed by atoms with Crippen LogP contribution in [-0.4, -0.2) is 73.1 Å². The molecule has 0 spiro atoms. The van der Waals surface area contributed by atoms with E-state index in [1.54, 1.807) is 0 Å². The van der Waals surface area contributed by atoms with Gasteiger partial charge in [-0.25, -0.2) is 0 Å². The van der Waals surface area contributed by atoms with Crippen molar-refractivity contribution in [2.24, 2.45) is 0 Å². The summed E-state index contributed by atoms with van der Waals surface area (Å²) in [5, 5.41) is 68.9. The maximum atomic E-state index is 12.6. The summed E-state index contributed by atoms with van der Waals surface area (Å²) in [4.78, 5) is 12.6. The molecule has 3 aromatic rings. The number of rotatable bonds is 4. The van der Waals surface area contributed by atoms with E-state index in [9.17, 15) is 40.5 Å². The van der Waals surface area contributed by atoms with E-state index in [1.807, 2.05) is 0 Å². The molecule has 0 radical (unpaired) electrons. The van der Waals surface area contributed by atoms with E-state index in [4.69, 9.17) is 13.9 Å². The second-order valence-corrected chi connectivity index (χ2v) is 7.29. The average Bonchev–Trinajstić information content (AvgIpc) is 2.77. The molecule has 1 aliphatic rings. The van der Waals surface area contributed by atoms with Gasteiger partial charge in [-0.05, 0) is 24.3 Å². The number of aliphatic hydroxyl groups excluding tert-OH is 4. The van der Waals surface area contributed by atoms with E-state index in [2.05, 4.69) is 0 Å². The molecule has 1 aliphatic heterocycles. The molecule has 2 aromatic carbocycles. The van der Waals surface area contributed by atoms with Crippen LogP contribution in [0.2, 0.25) is 0 Å². The first kappa shape index (κ1) is 21.9. The summed E-state index contributed by atoms with van der Waals surface area (Å²) in [6, 6.07) is 7.69. The molecule has 1 aromatic heterocycles. The Morgan fingerprint density at radius 1 is 0.938 bits per heavy atom. The second kappa shape index (κ2) is 8.30. The quantitative estimate of drug-likeness (QED) is 0.279. The highest BCUT2D eigenvalue weighted by Crippen LogP contribution is 2.36. The van der Waals surface area contributed by atoms with Crippen molar-refractivity contribution in [1.29, 1.82) is 0 Å². The molecule has 0 saturated carbocycles. The van der Waals surface area contributed by atoms with E-state index in [1.165, 1.54) is 30.3 Å². The Balaban J connectivity index is 1.75. The maximum absolute atomic E-state index is 12.6. The van der Waals surface area contributed by atoms with Crippen LogP contribution in [0.15, 0.2) is 45.6 Å². The Labute approximate surface area is 179 Å². The van der Waals surface area contributed by atoms with E-state index in [0.717, 1.165) is 6.07 Å².